The van der Waals surface area contributed by atoms with Crippen LogP contribution >= 0.6 is 0 Å². The van der Waals surface area contributed by atoms with Crippen molar-refractivity contribution in [1.29, 1.82) is 0 Å². The average molecular weight is 285 g/mol. The molecular weight excluding hydrogens is 274 g/mol. The van der Waals surface area contributed by atoms with Crippen molar-refractivity contribution in [2.75, 3.05) is 17.7 Å². The molecule has 2 aromatic rings. The zero-order valence-electron chi connectivity index (χ0n) is 10.5. The van der Waals surface area contributed by atoms with Crippen LogP contribution in [0.1, 0.15) is 5.56 Å². The second kappa shape index (κ2) is 5.77. The van der Waals surface area contributed by atoms with Gasteiger partial charge in [-0.2, -0.15) is 0 Å². The first-order valence-corrected chi connectivity index (χ1v) is 5.73. The van der Waals surface area contributed by atoms with E-state index in [9.17, 15) is 17.6 Å². The van der Waals surface area contributed by atoms with Crippen LogP contribution in [0.25, 0.3) is 0 Å². The van der Waals surface area contributed by atoms with E-state index < -0.39 is 23.3 Å². The highest BCUT2D eigenvalue weighted by molar-refractivity contribution is 5.47. The molecule has 1 aromatic carbocycles. The zero-order chi connectivity index (χ0) is 14.7. The summed E-state index contributed by atoms with van der Waals surface area (Å²) in [4.78, 5) is 3.67. The van der Waals surface area contributed by atoms with Gasteiger partial charge in [-0.05, 0) is 18.2 Å². The highest BCUT2D eigenvalue weighted by Crippen LogP contribution is 2.19. The predicted molar refractivity (Wildman–Crippen MR) is 67.4 cm³/mol. The number of rotatable bonds is 4. The predicted octanol–water partition coefficient (Wildman–Crippen LogP) is 3.29. The van der Waals surface area contributed by atoms with Crippen LogP contribution in [0, 0.1) is 23.3 Å². The fraction of sp³-hybridized carbons (Fsp3) is 0.154. The molecule has 0 spiro atoms. The molecule has 0 aliphatic rings. The summed E-state index contributed by atoms with van der Waals surface area (Å²) in [6.07, 6.45) is 0. The summed E-state index contributed by atoms with van der Waals surface area (Å²) in [6.45, 7) is -0.178. The van der Waals surface area contributed by atoms with E-state index >= 15 is 0 Å². The van der Waals surface area contributed by atoms with Crippen molar-refractivity contribution in [3.05, 3.63) is 53.1 Å². The molecule has 1 aromatic heterocycles. The van der Waals surface area contributed by atoms with Crippen molar-refractivity contribution in [3.8, 4) is 0 Å². The third-order valence-corrected chi connectivity index (χ3v) is 2.62. The van der Waals surface area contributed by atoms with E-state index in [0.717, 1.165) is 18.2 Å². The first-order chi connectivity index (χ1) is 9.51. The summed E-state index contributed by atoms with van der Waals surface area (Å²) in [6, 6.07) is 3.60. The quantitative estimate of drug-likeness (QED) is 0.846. The summed E-state index contributed by atoms with van der Waals surface area (Å²) in [7, 11) is 1.43. The molecule has 0 saturated heterocycles. The smallest absolute Gasteiger partial charge is 0.168 e. The Kier molecular flexibility index (Phi) is 4.07. The zero-order valence-corrected chi connectivity index (χ0v) is 10.5. The Morgan fingerprint density at radius 2 is 1.65 bits per heavy atom. The second-order valence-electron chi connectivity index (χ2n) is 3.99. The Balaban J connectivity index is 2.20. The molecule has 0 unspecified atom stereocenters. The molecule has 20 heavy (non-hydrogen) atoms. The minimum Gasteiger partial charge on any atom is -0.371 e. The van der Waals surface area contributed by atoms with E-state index in [2.05, 4.69) is 15.6 Å². The van der Waals surface area contributed by atoms with Gasteiger partial charge in [0.2, 0.25) is 0 Å². The van der Waals surface area contributed by atoms with Crippen molar-refractivity contribution in [2.45, 2.75) is 6.54 Å². The van der Waals surface area contributed by atoms with Gasteiger partial charge in [0.25, 0.3) is 0 Å². The molecule has 0 saturated carbocycles. The van der Waals surface area contributed by atoms with Gasteiger partial charge in [-0.15, -0.1) is 0 Å². The minimum absolute atomic E-state index is 0.0153. The minimum atomic E-state index is -0.918. The van der Waals surface area contributed by atoms with Crippen molar-refractivity contribution < 1.29 is 17.6 Å². The monoisotopic (exact) mass is 285 g/mol. The van der Waals surface area contributed by atoms with Crippen molar-refractivity contribution in [3.63, 3.8) is 0 Å². The fourth-order valence-corrected chi connectivity index (χ4v) is 1.62. The molecule has 0 atom stereocenters. The number of benzene rings is 1. The second-order valence-corrected chi connectivity index (χ2v) is 3.99. The summed E-state index contributed by atoms with van der Waals surface area (Å²) in [5.74, 6) is -3.39. The van der Waals surface area contributed by atoms with Gasteiger partial charge in [-0.3, -0.25) is 0 Å². The van der Waals surface area contributed by atoms with E-state index in [1.807, 2.05) is 0 Å². The third-order valence-electron chi connectivity index (χ3n) is 2.62. The van der Waals surface area contributed by atoms with Crippen LogP contribution in [0.15, 0.2) is 24.3 Å². The maximum atomic E-state index is 13.5. The van der Waals surface area contributed by atoms with Crippen LogP contribution in [0.2, 0.25) is 0 Å². The fourth-order valence-electron chi connectivity index (χ4n) is 1.62. The lowest BCUT2D eigenvalue weighted by atomic mass is 10.2. The molecule has 0 aliphatic carbocycles. The lowest BCUT2D eigenvalue weighted by molar-refractivity contribution is 0.576. The number of nitrogens with one attached hydrogen (secondary N) is 2. The molecule has 2 N–H and O–H groups in total. The Hall–Kier alpha value is -2.31. The molecule has 0 radical (unpaired) electrons. The van der Waals surface area contributed by atoms with E-state index in [1.54, 1.807) is 0 Å². The van der Waals surface area contributed by atoms with Crippen LogP contribution < -0.4 is 10.6 Å². The molecule has 2 rings (SSSR count). The van der Waals surface area contributed by atoms with Crippen LogP contribution in [-0.2, 0) is 6.54 Å². The Morgan fingerprint density at radius 3 is 2.35 bits per heavy atom. The Labute approximate surface area is 112 Å². The number of pyridine rings is 1. The molecule has 0 amide bonds. The summed E-state index contributed by atoms with van der Waals surface area (Å²) < 4.78 is 53.1. The molecular formula is C13H11F4N3. The SMILES string of the molecule is CNc1nc(NCc2cc(F)ccc2F)c(F)cc1F. The van der Waals surface area contributed by atoms with Gasteiger partial charge in [-0.25, -0.2) is 22.5 Å². The van der Waals surface area contributed by atoms with E-state index in [-0.39, 0.29) is 23.7 Å². The van der Waals surface area contributed by atoms with Crippen LogP contribution in [0.4, 0.5) is 29.2 Å². The highest BCUT2D eigenvalue weighted by atomic mass is 19.1. The maximum absolute atomic E-state index is 13.5. The maximum Gasteiger partial charge on any atom is 0.168 e. The molecule has 1 heterocycles. The molecule has 3 nitrogen and oxygen atoms in total. The topological polar surface area (TPSA) is 37.0 Å². The Bertz CT molecular complexity index is 631. The third kappa shape index (κ3) is 2.98. The molecule has 0 fully saturated rings. The molecule has 0 bridgehead atoms. The van der Waals surface area contributed by atoms with Crippen molar-refractivity contribution in [2.24, 2.45) is 0 Å². The van der Waals surface area contributed by atoms with Gasteiger partial charge in [-0.1, -0.05) is 0 Å². The molecule has 7 heteroatoms. The Morgan fingerprint density at radius 1 is 0.950 bits per heavy atom. The van der Waals surface area contributed by atoms with E-state index in [4.69, 9.17) is 0 Å². The number of halogens is 4. The number of nitrogens with zero attached hydrogens (tertiary/aromatic N) is 1. The number of hydrogen-bond donors (Lipinski definition) is 2. The number of aromatic nitrogens is 1. The first-order valence-electron chi connectivity index (χ1n) is 5.73. The van der Waals surface area contributed by atoms with Gasteiger partial charge in [0.1, 0.15) is 11.6 Å². The summed E-state index contributed by atoms with van der Waals surface area (Å²) in [5, 5.41) is 4.95. The lowest BCUT2D eigenvalue weighted by Gasteiger charge is -2.10. The number of hydrogen-bond acceptors (Lipinski definition) is 3. The van der Waals surface area contributed by atoms with E-state index in [0.29, 0.717) is 6.07 Å². The molecule has 106 valence electrons. The van der Waals surface area contributed by atoms with Crippen LogP contribution in [0.5, 0.6) is 0 Å². The van der Waals surface area contributed by atoms with Crippen LogP contribution in [-0.4, -0.2) is 12.0 Å². The van der Waals surface area contributed by atoms with Gasteiger partial charge in [0.05, 0.1) is 0 Å². The first kappa shape index (κ1) is 14.1. The number of anilines is 2. The van der Waals surface area contributed by atoms with Gasteiger partial charge in [0.15, 0.2) is 23.3 Å². The average Bonchev–Trinajstić information content (AvgIpc) is 2.41. The van der Waals surface area contributed by atoms with Crippen molar-refractivity contribution in [1.82, 2.24) is 4.98 Å². The lowest BCUT2D eigenvalue weighted by Crippen LogP contribution is -2.08. The van der Waals surface area contributed by atoms with Gasteiger partial charge < -0.3 is 10.6 Å². The van der Waals surface area contributed by atoms with Crippen molar-refractivity contribution >= 4 is 11.6 Å². The molecule has 0 aliphatic heterocycles. The largest absolute Gasteiger partial charge is 0.371 e. The summed E-state index contributed by atoms with van der Waals surface area (Å²) in [5.41, 5.74) is 0.0153. The van der Waals surface area contributed by atoms with Gasteiger partial charge in [0, 0.05) is 25.2 Å². The highest BCUT2D eigenvalue weighted by Gasteiger charge is 2.11. The summed E-state index contributed by atoms with van der Waals surface area (Å²) >= 11 is 0. The normalized spacial score (nSPS) is 10.4. The van der Waals surface area contributed by atoms with Gasteiger partial charge >= 0.3 is 0 Å². The standard InChI is InChI=1S/C13H11F4N3/c1-18-12-10(16)5-11(17)13(20-12)19-6-7-4-8(14)2-3-9(7)15/h2-5H,6H2,1H3,(H2,18,19,20). The van der Waals surface area contributed by atoms with Crippen LogP contribution in [0.3, 0.4) is 0 Å². The van der Waals surface area contributed by atoms with E-state index in [1.165, 1.54) is 7.05 Å².